The lowest BCUT2D eigenvalue weighted by atomic mass is 9.83. The summed E-state index contributed by atoms with van der Waals surface area (Å²) in [6.07, 6.45) is 7.19. The molecule has 0 aliphatic heterocycles. The van der Waals surface area contributed by atoms with E-state index in [0.717, 1.165) is 47.9 Å². The number of aryl methyl sites for hydroxylation is 1. The minimum atomic E-state index is -0.00420. The van der Waals surface area contributed by atoms with E-state index in [9.17, 15) is 0 Å². The van der Waals surface area contributed by atoms with E-state index in [1.165, 1.54) is 0 Å². The molecule has 1 aromatic carbocycles. The lowest BCUT2D eigenvalue weighted by molar-refractivity contribution is 0.0482. The molecule has 2 N–H and O–H groups in total. The minimum absolute atomic E-state index is 0. The van der Waals surface area contributed by atoms with Gasteiger partial charge in [0, 0.05) is 38.1 Å². The van der Waals surface area contributed by atoms with E-state index in [0.29, 0.717) is 6.42 Å². The second-order valence-electron chi connectivity index (χ2n) is 7.61. The van der Waals surface area contributed by atoms with Crippen molar-refractivity contribution in [2.75, 3.05) is 14.2 Å². The highest BCUT2D eigenvalue weighted by Crippen LogP contribution is 2.34. The van der Waals surface area contributed by atoms with E-state index in [1.807, 2.05) is 48.4 Å². The largest absolute Gasteiger partial charge is 0.496 e. The predicted molar refractivity (Wildman–Crippen MR) is 117 cm³/mol. The van der Waals surface area contributed by atoms with Gasteiger partial charge in [0.15, 0.2) is 5.82 Å². The van der Waals surface area contributed by atoms with Crippen molar-refractivity contribution in [2.45, 2.75) is 43.7 Å². The van der Waals surface area contributed by atoms with E-state index in [4.69, 9.17) is 25.3 Å². The Morgan fingerprint density at radius 2 is 2.00 bits per heavy atom. The zero-order valence-corrected chi connectivity index (χ0v) is 18.4. The van der Waals surface area contributed by atoms with Crippen molar-refractivity contribution in [1.82, 2.24) is 24.5 Å². The van der Waals surface area contributed by atoms with E-state index in [1.54, 1.807) is 18.9 Å². The van der Waals surface area contributed by atoms with Gasteiger partial charge in [-0.05, 0) is 25.3 Å². The first-order valence-corrected chi connectivity index (χ1v) is 9.94. The number of para-hydroxylation sites is 1. The number of hydrogen-bond acceptors (Lipinski definition) is 6. The van der Waals surface area contributed by atoms with E-state index in [-0.39, 0.29) is 30.5 Å². The van der Waals surface area contributed by atoms with Crippen molar-refractivity contribution in [3.05, 3.63) is 53.9 Å². The molecule has 0 saturated heterocycles. The van der Waals surface area contributed by atoms with E-state index < -0.39 is 0 Å². The maximum atomic E-state index is 6.36. The van der Waals surface area contributed by atoms with Crippen molar-refractivity contribution < 1.29 is 9.47 Å². The van der Waals surface area contributed by atoms with Crippen molar-refractivity contribution in [3.8, 4) is 11.4 Å². The summed E-state index contributed by atoms with van der Waals surface area (Å²) in [5.41, 5.74) is 8.33. The third-order valence-corrected chi connectivity index (χ3v) is 5.65. The van der Waals surface area contributed by atoms with Crippen molar-refractivity contribution >= 4 is 12.4 Å². The Morgan fingerprint density at radius 1 is 1.20 bits per heavy atom. The number of aromatic nitrogens is 5. The Balaban J connectivity index is 0.00000256. The van der Waals surface area contributed by atoms with Crippen LogP contribution in [0.25, 0.3) is 5.69 Å². The fraction of sp³-hybridized carbons (Fsp3) is 0.476. The van der Waals surface area contributed by atoms with Crippen LogP contribution in [-0.2, 0) is 18.2 Å². The number of halogens is 1. The molecule has 2 heterocycles. The number of hydrogen-bond donors (Lipinski definition) is 1. The van der Waals surface area contributed by atoms with Gasteiger partial charge >= 0.3 is 0 Å². The molecular formula is C21H29ClN6O2. The molecule has 0 radical (unpaired) electrons. The first-order chi connectivity index (χ1) is 14.1. The van der Waals surface area contributed by atoms with Gasteiger partial charge in [-0.25, -0.2) is 9.67 Å². The summed E-state index contributed by atoms with van der Waals surface area (Å²) in [7, 11) is 5.31. The third kappa shape index (κ3) is 4.50. The van der Waals surface area contributed by atoms with Gasteiger partial charge in [-0.15, -0.1) is 12.4 Å². The molecule has 8 nitrogen and oxygen atoms in total. The van der Waals surface area contributed by atoms with E-state index >= 15 is 0 Å². The van der Waals surface area contributed by atoms with Crippen LogP contribution in [0.1, 0.15) is 42.4 Å². The molecule has 1 fully saturated rings. The van der Waals surface area contributed by atoms with Gasteiger partial charge in [0.25, 0.3) is 0 Å². The molecule has 1 saturated carbocycles. The summed E-state index contributed by atoms with van der Waals surface area (Å²) in [5, 5.41) is 9.13. The van der Waals surface area contributed by atoms with Crippen LogP contribution in [0.5, 0.6) is 5.75 Å². The van der Waals surface area contributed by atoms with Crippen molar-refractivity contribution in [1.29, 1.82) is 0 Å². The van der Waals surface area contributed by atoms with Crippen LogP contribution in [0.15, 0.2) is 36.7 Å². The number of rotatable bonds is 6. The highest BCUT2D eigenvalue weighted by Gasteiger charge is 2.32. The standard InChI is InChI=1S/C21H28N6O2.ClH/c1-26-13-16(12-23-26)27-21(15-8-9-19(29-3)17(22)10-15)24-20(25-27)11-14-6-4-5-7-18(14)28-2;/h4-7,12-13,15,17,19H,8-11,22H2,1-3H3;1H/t15-,17+,19+;/m0./s1. The first-order valence-electron chi connectivity index (χ1n) is 9.94. The maximum Gasteiger partial charge on any atom is 0.155 e. The number of nitrogens with two attached hydrogens (primary N) is 1. The monoisotopic (exact) mass is 432 g/mol. The number of ether oxygens (including phenoxy) is 2. The van der Waals surface area contributed by atoms with Crippen LogP contribution in [0, 0.1) is 0 Å². The highest BCUT2D eigenvalue weighted by molar-refractivity contribution is 5.85. The predicted octanol–water partition coefficient (Wildman–Crippen LogP) is 2.63. The molecule has 0 spiro atoms. The number of methoxy groups -OCH3 is 2. The van der Waals surface area contributed by atoms with Gasteiger partial charge in [-0.2, -0.15) is 10.2 Å². The average Bonchev–Trinajstić information content (AvgIpc) is 3.34. The molecule has 0 amide bonds. The lowest BCUT2D eigenvalue weighted by Gasteiger charge is -2.32. The quantitative estimate of drug-likeness (QED) is 0.643. The Kier molecular flexibility index (Phi) is 7.12. The highest BCUT2D eigenvalue weighted by atomic mass is 35.5. The Bertz CT molecular complexity index is 972. The molecule has 9 heteroatoms. The molecule has 1 aliphatic carbocycles. The Labute approximate surface area is 182 Å². The van der Waals surface area contributed by atoms with Gasteiger partial charge in [0.1, 0.15) is 17.3 Å². The topological polar surface area (TPSA) is 93.0 Å². The van der Waals surface area contributed by atoms with Gasteiger partial charge in [0.2, 0.25) is 0 Å². The van der Waals surface area contributed by atoms with Crippen LogP contribution in [-0.4, -0.2) is 50.9 Å². The lowest BCUT2D eigenvalue weighted by Crippen LogP contribution is -2.41. The van der Waals surface area contributed by atoms with Gasteiger partial charge < -0.3 is 15.2 Å². The second-order valence-corrected chi connectivity index (χ2v) is 7.61. The van der Waals surface area contributed by atoms with E-state index in [2.05, 4.69) is 5.10 Å². The average molecular weight is 433 g/mol. The maximum absolute atomic E-state index is 6.36. The molecule has 0 bridgehead atoms. The molecule has 4 rings (SSSR count). The fourth-order valence-electron chi connectivity index (χ4n) is 4.14. The number of benzene rings is 1. The fourth-order valence-corrected chi connectivity index (χ4v) is 4.14. The van der Waals surface area contributed by atoms with Crippen LogP contribution in [0.3, 0.4) is 0 Å². The Hall–Kier alpha value is -2.42. The minimum Gasteiger partial charge on any atom is -0.496 e. The zero-order valence-electron chi connectivity index (χ0n) is 17.6. The van der Waals surface area contributed by atoms with Crippen LogP contribution < -0.4 is 10.5 Å². The van der Waals surface area contributed by atoms with Gasteiger partial charge in [0.05, 0.1) is 25.6 Å². The second kappa shape index (κ2) is 9.59. The smallest absolute Gasteiger partial charge is 0.155 e. The Morgan fingerprint density at radius 3 is 2.67 bits per heavy atom. The van der Waals surface area contributed by atoms with Crippen molar-refractivity contribution in [2.24, 2.45) is 12.8 Å². The summed E-state index contributed by atoms with van der Waals surface area (Å²) in [5.74, 6) is 2.77. The molecule has 30 heavy (non-hydrogen) atoms. The molecule has 1 aliphatic rings. The van der Waals surface area contributed by atoms with Crippen molar-refractivity contribution in [3.63, 3.8) is 0 Å². The zero-order chi connectivity index (χ0) is 20.4. The van der Waals surface area contributed by atoms with Crippen LogP contribution in [0.4, 0.5) is 0 Å². The summed E-state index contributed by atoms with van der Waals surface area (Å²) in [4.78, 5) is 4.94. The molecule has 162 valence electrons. The molecule has 3 atom stereocenters. The van der Waals surface area contributed by atoms with Gasteiger partial charge in [-0.3, -0.25) is 4.68 Å². The normalized spacial score (nSPS) is 21.3. The summed E-state index contributed by atoms with van der Waals surface area (Å²) >= 11 is 0. The molecule has 3 aromatic rings. The van der Waals surface area contributed by atoms with Gasteiger partial charge in [-0.1, -0.05) is 18.2 Å². The third-order valence-electron chi connectivity index (χ3n) is 5.65. The summed E-state index contributed by atoms with van der Waals surface area (Å²) in [6, 6.07) is 7.96. The first kappa shape index (κ1) is 22.3. The SMILES string of the molecule is COc1ccccc1Cc1nc([C@H]2CC[C@@H](OC)[C@H](N)C2)n(-c2cnn(C)c2)n1.Cl. The molecule has 0 unspecified atom stereocenters. The van der Waals surface area contributed by atoms with Crippen LogP contribution >= 0.6 is 12.4 Å². The van der Waals surface area contributed by atoms with Crippen LogP contribution in [0.2, 0.25) is 0 Å². The summed E-state index contributed by atoms with van der Waals surface area (Å²) in [6.45, 7) is 0. The molecular weight excluding hydrogens is 404 g/mol. The number of nitrogens with zero attached hydrogens (tertiary/aromatic N) is 5. The summed E-state index contributed by atoms with van der Waals surface area (Å²) < 4.78 is 14.7. The molecule has 2 aromatic heterocycles.